The highest BCUT2D eigenvalue weighted by atomic mass is 16.2. The van der Waals surface area contributed by atoms with Gasteiger partial charge in [-0.2, -0.15) is 0 Å². The van der Waals surface area contributed by atoms with Crippen LogP contribution >= 0.6 is 0 Å². The van der Waals surface area contributed by atoms with Crippen molar-refractivity contribution >= 4 is 17.5 Å². The summed E-state index contributed by atoms with van der Waals surface area (Å²) in [5.74, 6) is -0.0183. The molecule has 0 N–H and O–H groups in total. The van der Waals surface area contributed by atoms with Crippen LogP contribution < -0.4 is 4.90 Å². The average Bonchev–Trinajstić information content (AvgIpc) is 2.82. The topological polar surface area (TPSA) is 53.5 Å². The van der Waals surface area contributed by atoms with Crippen molar-refractivity contribution in [3.05, 3.63) is 95.3 Å². The number of hydrogen-bond donors (Lipinski definition) is 0. The molecule has 4 rings (SSSR count). The maximum absolute atomic E-state index is 13.0. The highest BCUT2D eigenvalue weighted by Gasteiger charge is 2.25. The third kappa shape index (κ3) is 5.00. The maximum Gasteiger partial charge on any atom is 0.255 e. The lowest BCUT2D eigenvalue weighted by molar-refractivity contribution is -0.118. The molecule has 2 heterocycles. The molecule has 0 saturated carbocycles. The number of carbonyl (C=O) groups is 2. The first-order chi connectivity index (χ1) is 15.1. The van der Waals surface area contributed by atoms with Crippen LogP contribution in [0.2, 0.25) is 0 Å². The summed E-state index contributed by atoms with van der Waals surface area (Å²) in [6.45, 7) is 1.19. The van der Waals surface area contributed by atoms with Gasteiger partial charge in [0.2, 0.25) is 5.91 Å². The van der Waals surface area contributed by atoms with Crippen molar-refractivity contribution in [2.24, 2.45) is 0 Å². The van der Waals surface area contributed by atoms with Gasteiger partial charge in [-0.25, -0.2) is 0 Å². The first-order valence-corrected chi connectivity index (χ1v) is 10.7. The van der Waals surface area contributed by atoms with E-state index in [1.807, 2.05) is 71.6 Å². The Hall–Kier alpha value is -3.47. The number of benzene rings is 2. The summed E-state index contributed by atoms with van der Waals surface area (Å²) in [4.78, 5) is 34.0. The summed E-state index contributed by atoms with van der Waals surface area (Å²) in [6, 6.07) is 21.8. The summed E-state index contributed by atoms with van der Waals surface area (Å²) in [5, 5.41) is 0. The van der Waals surface area contributed by atoms with E-state index >= 15 is 0 Å². The van der Waals surface area contributed by atoms with Gasteiger partial charge in [-0.15, -0.1) is 0 Å². The van der Waals surface area contributed by atoms with Crippen molar-refractivity contribution in [1.29, 1.82) is 0 Å². The number of aryl methyl sites for hydroxylation is 2. The smallest absolute Gasteiger partial charge is 0.255 e. The molecular weight excluding hydrogens is 386 g/mol. The second kappa shape index (κ2) is 9.56. The molecule has 5 nitrogen and oxygen atoms in total. The van der Waals surface area contributed by atoms with Gasteiger partial charge in [0, 0.05) is 32.8 Å². The van der Waals surface area contributed by atoms with E-state index in [0.717, 1.165) is 35.3 Å². The first kappa shape index (κ1) is 20.8. The summed E-state index contributed by atoms with van der Waals surface area (Å²) in [6.07, 6.45) is 4.50. The molecule has 0 atom stereocenters. The van der Waals surface area contributed by atoms with Gasteiger partial charge in [0.15, 0.2) is 0 Å². The molecule has 0 radical (unpaired) electrons. The van der Waals surface area contributed by atoms with Crippen molar-refractivity contribution in [3.8, 4) is 0 Å². The number of pyridine rings is 1. The quantitative estimate of drug-likeness (QED) is 0.607. The number of anilines is 1. The average molecular weight is 414 g/mol. The summed E-state index contributed by atoms with van der Waals surface area (Å²) >= 11 is 0. The summed E-state index contributed by atoms with van der Waals surface area (Å²) in [7, 11) is 1.79. The molecular formula is C26H27N3O2. The zero-order valence-electron chi connectivity index (χ0n) is 17.8. The molecule has 0 fully saturated rings. The number of hydrogen-bond acceptors (Lipinski definition) is 3. The molecule has 1 aliphatic rings. The zero-order valence-corrected chi connectivity index (χ0v) is 17.8. The van der Waals surface area contributed by atoms with Gasteiger partial charge in [0.05, 0.1) is 16.9 Å². The Morgan fingerprint density at radius 2 is 1.68 bits per heavy atom. The minimum absolute atomic E-state index is 0.0776. The third-order valence-electron chi connectivity index (χ3n) is 5.66. The Morgan fingerprint density at radius 3 is 2.39 bits per heavy atom. The fourth-order valence-electron chi connectivity index (χ4n) is 3.99. The summed E-state index contributed by atoms with van der Waals surface area (Å²) in [5.41, 5.74) is 4.41. The molecule has 31 heavy (non-hydrogen) atoms. The van der Waals surface area contributed by atoms with Crippen LogP contribution in [-0.2, 0) is 24.2 Å². The Labute approximate surface area is 183 Å². The fourth-order valence-corrected chi connectivity index (χ4v) is 3.99. The van der Waals surface area contributed by atoms with E-state index < -0.39 is 0 Å². The molecule has 1 aromatic heterocycles. The Bertz CT molecular complexity index is 1050. The molecule has 2 amide bonds. The van der Waals surface area contributed by atoms with Gasteiger partial charge in [0.25, 0.3) is 5.91 Å². The predicted octanol–water partition coefficient (Wildman–Crippen LogP) is 4.27. The number of nitrogens with zero attached hydrogens (tertiary/aromatic N) is 3. The van der Waals surface area contributed by atoms with Crippen LogP contribution in [0.5, 0.6) is 0 Å². The number of carbonyl (C=O) groups excluding carboxylic acids is 2. The van der Waals surface area contributed by atoms with Gasteiger partial charge >= 0.3 is 0 Å². The molecule has 0 bridgehead atoms. The van der Waals surface area contributed by atoms with E-state index in [1.54, 1.807) is 18.1 Å². The second-order valence-corrected chi connectivity index (χ2v) is 7.97. The van der Waals surface area contributed by atoms with E-state index in [9.17, 15) is 9.59 Å². The minimum Gasteiger partial charge on any atom is -0.337 e. The predicted molar refractivity (Wildman–Crippen MR) is 122 cm³/mol. The lowest BCUT2D eigenvalue weighted by Gasteiger charge is -2.29. The van der Waals surface area contributed by atoms with Gasteiger partial charge in [-0.05, 0) is 36.5 Å². The second-order valence-electron chi connectivity index (χ2n) is 7.97. The third-order valence-corrected chi connectivity index (χ3v) is 5.66. The van der Waals surface area contributed by atoms with Crippen LogP contribution in [0.4, 0.5) is 5.69 Å². The Morgan fingerprint density at radius 1 is 1.00 bits per heavy atom. The van der Waals surface area contributed by atoms with E-state index in [-0.39, 0.29) is 11.8 Å². The number of rotatable bonds is 6. The van der Waals surface area contributed by atoms with Crippen molar-refractivity contribution in [3.63, 3.8) is 0 Å². The molecule has 2 aromatic carbocycles. The number of fused-ring (bicyclic) bond motifs is 1. The van der Waals surface area contributed by atoms with E-state index in [2.05, 4.69) is 4.98 Å². The molecule has 3 aromatic rings. The van der Waals surface area contributed by atoms with Crippen molar-refractivity contribution in [2.75, 3.05) is 18.5 Å². The Balaban J connectivity index is 1.49. The van der Waals surface area contributed by atoms with Crippen LogP contribution in [0.1, 0.15) is 40.0 Å². The molecule has 0 aliphatic carbocycles. The van der Waals surface area contributed by atoms with Gasteiger partial charge in [-0.1, -0.05) is 60.7 Å². The standard InChI is InChI=1S/C26H27N3O2/c1-28(19-21-11-6-3-7-12-21)26(31)22-17-24-23(27-18-22)13-8-16-29(24)25(30)15-14-20-9-4-2-5-10-20/h2-7,9-12,17-18H,8,13-16,19H2,1H3. The van der Waals surface area contributed by atoms with Crippen molar-refractivity contribution in [2.45, 2.75) is 32.2 Å². The molecule has 0 spiro atoms. The van der Waals surface area contributed by atoms with Crippen molar-refractivity contribution in [1.82, 2.24) is 9.88 Å². The van der Waals surface area contributed by atoms with Gasteiger partial charge in [-0.3, -0.25) is 14.6 Å². The summed E-state index contributed by atoms with van der Waals surface area (Å²) < 4.78 is 0. The Kier molecular flexibility index (Phi) is 6.41. The van der Waals surface area contributed by atoms with Crippen LogP contribution in [-0.4, -0.2) is 35.3 Å². The minimum atomic E-state index is -0.0959. The van der Waals surface area contributed by atoms with E-state index in [0.29, 0.717) is 31.5 Å². The molecule has 1 aliphatic heterocycles. The highest BCUT2D eigenvalue weighted by Crippen LogP contribution is 2.28. The van der Waals surface area contributed by atoms with Crippen LogP contribution in [0.15, 0.2) is 72.9 Å². The normalized spacial score (nSPS) is 12.9. The number of amides is 2. The van der Waals surface area contributed by atoms with E-state index in [1.165, 1.54) is 0 Å². The zero-order chi connectivity index (χ0) is 21.6. The highest BCUT2D eigenvalue weighted by molar-refractivity contribution is 5.98. The molecule has 0 unspecified atom stereocenters. The van der Waals surface area contributed by atoms with Crippen LogP contribution in [0, 0.1) is 0 Å². The number of aromatic nitrogens is 1. The molecule has 158 valence electrons. The van der Waals surface area contributed by atoms with Gasteiger partial charge in [0.1, 0.15) is 0 Å². The van der Waals surface area contributed by atoms with Crippen molar-refractivity contribution < 1.29 is 9.59 Å². The monoisotopic (exact) mass is 413 g/mol. The first-order valence-electron chi connectivity index (χ1n) is 10.7. The lowest BCUT2D eigenvalue weighted by atomic mass is 10.0. The lowest BCUT2D eigenvalue weighted by Crippen LogP contribution is -2.36. The maximum atomic E-state index is 13.0. The molecule has 5 heteroatoms. The largest absolute Gasteiger partial charge is 0.337 e. The van der Waals surface area contributed by atoms with Crippen LogP contribution in [0.3, 0.4) is 0 Å². The van der Waals surface area contributed by atoms with E-state index in [4.69, 9.17) is 0 Å². The van der Waals surface area contributed by atoms with Crippen LogP contribution in [0.25, 0.3) is 0 Å². The molecule has 0 saturated heterocycles. The fraction of sp³-hybridized carbons (Fsp3) is 0.269. The SMILES string of the molecule is CN(Cc1ccccc1)C(=O)c1cnc2c(c1)N(C(=O)CCc1ccccc1)CCC2. The van der Waals surface area contributed by atoms with Gasteiger partial charge < -0.3 is 9.80 Å².